The molecule has 162 valence electrons. The van der Waals surface area contributed by atoms with Gasteiger partial charge in [-0.1, -0.05) is 35.5 Å². The van der Waals surface area contributed by atoms with E-state index in [4.69, 9.17) is 0 Å². The zero-order valence-electron chi connectivity index (χ0n) is 18.2. The van der Waals surface area contributed by atoms with Crippen molar-refractivity contribution in [1.29, 1.82) is 0 Å². The average molecular weight is 411 g/mol. The van der Waals surface area contributed by atoms with Crippen molar-refractivity contribution in [1.82, 2.24) is 30.1 Å². The number of amides is 1. The van der Waals surface area contributed by atoms with Gasteiger partial charge in [-0.3, -0.25) is 14.4 Å². The van der Waals surface area contributed by atoms with Gasteiger partial charge in [-0.05, 0) is 64.7 Å². The van der Waals surface area contributed by atoms with Gasteiger partial charge >= 0.3 is 0 Å². The molecule has 4 rings (SSSR count). The molecule has 0 radical (unpaired) electrons. The van der Waals surface area contributed by atoms with Gasteiger partial charge in [0, 0.05) is 24.7 Å². The molecule has 0 spiro atoms. The highest BCUT2D eigenvalue weighted by atomic mass is 16.2. The molecule has 1 aromatic heterocycles. The van der Waals surface area contributed by atoms with Crippen LogP contribution in [0.2, 0.25) is 0 Å². The average Bonchev–Trinajstić information content (AvgIpc) is 3.43. The highest BCUT2D eigenvalue weighted by Crippen LogP contribution is 2.27. The first kappa shape index (κ1) is 21.0. The molecule has 2 aliphatic heterocycles. The second-order valence-corrected chi connectivity index (χ2v) is 8.89. The number of nitrogens with one attached hydrogen (secondary N) is 1. The molecule has 1 N–H and O–H groups in total. The third kappa shape index (κ3) is 5.08. The van der Waals surface area contributed by atoms with Crippen LogP contribution >= 0.6 is 0 Å². The van der Waals surface area contributed by atoms with Crippen LogP contribution in [-0.4, -0.2) is 68.5 Å². The van der Waals surface area contributed by atoms with E-state index in [0.717, 1.165) is 12.1 Å². The Bertz CT molecular complexity index is 812. The van der Waals surface area contributed by atoms with Crippen LogP contribution in [0.25, 0.3) is 0 Å². The molecule has 7 nitrogen and oxygen atoms in total. The number of likely N-dealkylation sites (tertiary alicyclic amines) is 2. The Balaban J connectivity index is 1.30. The molecule has 3 heterocycles. The fourth-order valence-electron chi connectivity index (χ4n) is 4.85. The lowest BCUT2D eigenvalue weighted by Gasteiger charge is -2.40. The molecule has 1 amide bonds. The summed E-state index contributed by atoms with van der Waals surface area (Å²) >= 11 is 0. The van der Waals surface area contributed by atoms with Crippen molar-refractivity contribution >= 4 is 5.91 Å². The van der Waals surface area contributed by atoms with Crippen LogP contribution in [0.1, 0.15) is 55.6 Å². The monoisotopic (exact) mass is 410 g/mol. The van der Waals surface area contributed by atoms with Crippen LogP contribution in [-0.2, 0) is 13.1 Å². The number of carbonyl (C=O) groups is 1. The van der Waals surface area contributed by atoms with Crippen molar-refractivity contribution in [3.8, 4) is 0 Å². The quantitative estimate of drug-likeness (QED) is 0.760. The van der Waals surface area contributed by atoms with Gasteiger partial charge in [0.15, 0.2) is 5.69 Å². The summed E-state index contributed by atoms with van der Waals surface area (Å²) < 4.78 is 1.85. The topological polar surface area (TPSA) is 66.3 Å². The SMILES string of the molecule is CC(C)N1CCC(N2CCC[C@H]2Cn2cc(C(=O)NCc3ccccc3)nn2)CC1. The van der Waals surface area contributed by atoms with Gasteiger partial charge in [-0.15, -0.1) is 5.10 Å². The summed E-state index contributed by atoms with van der Waals surface area (Å²) in [5.41, 5.74) is 1.46. The molecule has 2 aromatic rings. The van der Waals surface area contributed by atoms with E-state index in [0.29, 0.717) is 30.4 Å². The van der Waals surface area contributed by atoms with Gasteiger partial charge in [-0.2, -0.15) is 0 Å². The van der Waals surface area contributed by atoms with E-state index in [-0.39, 0.29) is 5.91 Å². The molecular formula is C23H34N6O. The first-order chi connectivity index (χ1) is 14.6. The minimum absolute atomic E-state index is 0.172. The number of carbonyl (C=O) groups excluding carboxylic acids is 1. The highest BCUT2D eigenvalue weighted by molar-refractivity contribution is 5.91. The van der Waals surface area contributed by atoms with Crippen LogP contribution in [0.15, 0.2) is 36.5 Å². The highest BCUT2D eigenvalue weighted by Gasteiger charge is 2.33. The van der Waals surface area contributed by atoms with Gasteiger partial charge in [0.2, 0.25) is 0 Å². The van der Waals surface area contributed by atoms with Crippen molar-refractivity contribution in [3.63, 3.8) is 0 Å². The molecule has 30 heavy (non-hydrogen) atoms. The van der Waals surface area contributed by atoms with E-state index in [1.54, 1.807) is 6.20 Å². The lowest BCUT2D eigenvalue weighted by atomic mass is 10.0. The molecule has 0 aliphatic carbocycles. The Labute approximate surface area is 179 Å². The summed E-state index contributed by atoms with van der Waals surface area (Å²) in [5, 5.41) is 11.3. The molecule has 1 aromatic carbocycles. The third-order valence-corrected chi connectivity index (χ3v) is 6.59. The summed E-state index contributed by atoms with van der Waals surface area (Å²) in [7, 11) is 0. The number of benzene rings is 1. The van der Waals surface area contributed by atoms with Gasteiger partial charge < -0.3 is 10.2 Å². The number of rotatable bonds is 7. The predicted octanol–water partition coefficient (Wildman–Crippen LogP) is 2.55. The first-order valence-electron chi connectivity index (χ1n) is 11.3. The van der Waals surface area contributed by atoms with Gasteiger partial charge in [0.1, 0.15) is 0 Å². The van der Waals surface area contributed by atoms with Crippen LogP contribution < -0.4 is 5.32 Å². The Hall–Kier alpha value is -2.25. The number of aromatic nitrogens is 3. The Morgan fingerprint density at radius 3 is 2.63 bits per heavy atom. The zero-order valence-corrected chi connectivity index (χ0v) is 18.2. The standard InChI is InChI=1S/C23H34N6O/c1-18(2)27-13-10-20(11-14-27)29-12-6-9-21(29)16-28-17-22(25-26-28)23(30)24-15-19-7-4-3-5-8-19/h3-5,7-8,17-18,20-21H,6,9-16H2,1-2H3,(H,24,30)/t21-/m0/s1. The van der Waals surface area contributed by atoms with Crippen LogP contribution in [0.3, 0.4) is 0 Å². The Morgan fingerprint density at radius 1 is 1.13 bits per heavy atom. The molecule has 0 saturated carbocycles. The van der Waals surface area contributed by atoms with Crippen molar-refractivity contribution in [2.45, 2.75) is 70.7 Å². The van der Waals surface area contributed by atoms with E-state index in [9.17, 15) is 4.79 Å². The predicted molar refractivity (Wildman–Crippen MR) is 117 cm³/mol. The van der Waals surface area contributed by atoms with Gasteiger partial charge in [-0.25, -0.2) is 0 Å². The minimum atomic E-state index is -0.172. The summed E-state index contributed by atoms with van der Waals surface area (Å²) in [6, 6.07) is 11.7. The maximum absolute atomic E-state index is 12.4. The summed E-state index contributed by atoms with van der Waals surface area (Å²) in [6.45, 7) is 9.45. The zero-order chi connectivity index (χ0) is 20.9. The largest absolute Gasteiger partial charge is 0.347 e. The second-order valence-electron chi connectivity index (χ2n) is 8.89. The summed E-state index contributed by atoms with van der Waals surface area (Å²) in [5.74, 6) is -0.172. The van der Waals surface area contributed by atoms with E-state index in [2.05, 4.69) is 39.3 Å². The molecular weight excluding hydrogens is 376 g/mol. The van der Waals surface area contributed by atoms with E-state index >= 15 is 0 Å². The summed E-state index contributed by atoms with van der Waals surface area (Å²) in [4.78, 5) is 17.7. The van der Waals surface area contributed by atoms with E-state index in [1.807, 2.05) is 35.0 Å². The maximum Gasteiger partial charge on any atom is 0.273 e. The van der Waals surface area contributed by atoms with Crippen molar-refractivity contribution in [3.05, 3.63) is 47.8 Å². The minimum Gasteiger partial charge on any atom is -0.347 e. The molecule has 0 unspecified atom stereocenters. The van der Waals surface area contributed by atoms with Crippen molar-refractivity contribution in [2.24, 2.45) is 0 Å². The maximum atomic E-state index is 12.4. The van der Waals surface area contributed by atoms with Gasteiger partial charge in [0.25, 0.3) is 5.91 Å². The second kappa shape index (κ2) is 9.71. The molecule has 7 heteroatoms. The molecule has 2 saturated heterocycles. The number of hydrogen-bond acceptors (Lipinski definition) is 5. The van der Waals surface area contributed by atoms with Crippen molar-refractivity contribution < 1.29 is 4.79 Å². The smallest absolute Gasteiger partial charge is 0.273 e. The fourth-order valence-corrected chi connectivity index (χ4v) is 4.85. The lowest BCUT2D eigenvalue weighted by molar-refractivity contribution is 0.0782. The molecule has 1 atom stereocenters. The molecule has 0 bridgehead atoms. The Kier molecular flexibility index (Phi) is 6.79. The van der Waals surface area contributed by atoms with Crippen LogP contribution in [0.5, 0.6) is 0 Å². The number of nitrogens with zero attached hydrogens (tertiary/aromatic N) is 5. The van der Waals surface area contributed by atoms with E-state index in [1.165, 1.54) is 45.3 Å². The number of piperidine rings is 1. The third-order valence-electron chi connectivity index (χ3n) is 6.59. The molecule has 2 fully saturated rings. The Morgan fingerprint density at radius 2 is 1.90 bits per heavy atom. The molecule has 2 aliphatic rings. The normalized spacial score (nSPS) is 21.4. The fraction of sp³-hybridized carbons (Fsp3) is 0.609. The summed E-state index contributed by atoms with van der Waals surface area (Å²) in [6.07, 6.45) is 6.73. The van der Waals surface area contributed by atoms with Gasteiger partial charge in [0.05, 0.1) is 12.7 Å². The van der Waals surface area contributed by atoms with E-state index < -0.39 is 0 Å². The van der Waals surface area contributed by atoms with Crippen LogP contribution in [0.4, 0.5) is 0 Å². The lowest BCUT2D eigenvalue weighted by Crippen LogP contribution is -2.49. The van der Waals surface area contributed by atoms with Crippen LogP contribution in [0, 0.1) is 0 Å². The first-order valence-corrected chi connectivity index (χ1v) is 11.3. The number of hydrogen-bond donors (Lipinski definition) is 1. The van der Waals surface area contributed by atoms with Crippen molar-refractivity contribution in [2.75, 3.05) is 19.6 Å².